The maximum atomic E-state index is 13.3. The van der Waals surface area contributed by atoms with Crippen LogP contribution in [0.2, 0.25) is 0 Å². The van der Waals surface area contributed by atoms with Crippen molar-refractivity contribution in [3.8, 4) is 0 Å². The van der Waals surface area contributed by atoms with E-state index in [1.807, 2.05) is 24.3 Å². The van der Waals surface area contributed by atoms with Crippen LogP contribution in [-0.4, -0.2) is 11.0 Å². The second-order valence-corrected chi connectivity index (χ2v) is 6.34. The summed E-state index contributed by atoms with van der Waals surface area (Å²) in [6.45, 7) is 0.0576. The lowest BCUT2D eigenvalue weighted by molar-refractivity contribution is 0.0473. The molecular weight excluding hydrogens is 317 g/mol. The Morgan fingerprint density at radius 2 is 1.92 bits per heavy atom. The predicted molar refractivity (Wildman–Crippen MR) is 93.9 cm³/mol. The first kappa shape index (κ1) is 15.8. The van der Waals surface area contributed by atoms with E-state index < -0.39 is 0 Å². The zero-order valence-electron chi connectivity index (χ0n) is 13.8. The number of nitrogens with zero attached hydrogens (tertiary/aromatic N) is 1. The molecule has 4 rings (SSSR count). The summed E-state index contributed by atoms with van der Waals surface area (Å²) in [6, 6.07) is 13.8. The topological polar surface area (TPSA) is 39.2 Å². The molecule has 0 radical (unpaired) electrons. The smallest absolute Gasteiger partial charge is 0.339 e. The molecule has 0 fully saturated rings. The summed E-state index contributed by atoms with van der Waals surface area (Å²) in [5, 5.41) is 0.826. The van der Waals surface area contributed by atoms with Gasteiger partial charge in [0.25, 0.3) is 0 Å². The van der Waals surface area contributed by atoms with Crippen LogP contribution in [-0.2, 0) is 24.2 Å². The highest BCUT2D eigenvalue weighted by atomic mass is 19.1. The van der Waals surface area contributed by atoms with Crippen LogP contribution in [0, 0.1) is 5.82 Å². The number of hydrogen-bond acceptors (Lipinski definition) is 3. The first-order valence-electron chi connectivity index (χ1n) is 8.54. The van der Waals surface area contributed by atoms with Crippen LogP contribution in [0.25, 0.3) is 10.9 Å². The molecule has 0 aliphatic heterocycles. The number of carbonyl (C=O) groups is 1. The summed E-state index contributed by atoms with van der Waals surface area (Å²) in [5.41, 5.74) is 4.09. The van der Waals surface area contributed by atoms with Crippen molar-refractivity contribution < 1.29 is 13.9 Å². The number of fused-ring (bicyclic) bond motifs is 2. The number of halogens is 1. The number of hydrogen-bond donors (Lipinski definition) is 0. The van der Waals surface area contributed by atoms with Crippen molar-refractivity contribution in [2.24, 2.45) is 0 Å². The SMILES string of the molecule is O=C(OCc1cccc(F)c1)c1c2c(nc3ccccc13)CCCC2. The average molecular weight is 335 g/mol. The van der Waals surface area contributed by atoms with Crippen LogP contribution in [0.5, 0.6) is 0 Å². The molecule has 2 aromatic carbocycles. The van der Waals surface area contributed by atoms with Gasteiger partial charge in [-0.2, -0.15) is 0 Å². The number of aromatic nitrogens is 1. The molecule has 4 heteroatoms. The number of ether oxygens (including phenoxy) is 1. The first-order chi connectivity index (χ1) is 12.2. The number of para-hydroxylation sites is 1. The van der Waals surface area contributed by atoms with Crippen molar-refractivity contribution in [3.05, 3.63) is 76.7 Å². The van der Waals surface area contributed by atoms with Crippen LogP contribution in [0.15, 0.2) is 48.5 Å². The maximum absolute atomic E-state index is 13.3. The fraction of sp³-hybridized carbons (Fsp3) is 0.238. The Kier molecular flexibility index (Phi) is 4.18. The summed E-state index contributed by atoms with van der Waals surface area (Å²) in [6.07, 6.45) is 3.88. The lowest BCUT2D eigenvalue weighted by atomic mass is 9.90. The van der Waals surface area contributed by atoms with Crippen LogP contribution in [0.3, 0.4) is 0 Å². The largest absolute Gasteiger partial charge is 0.457 e. The van der Waals surface area contributed by atoms with Crippen molar-refractivity contribution in [1.29, 1.82) is 0 Å². The molecular formula is C21H18FNO2. The Morgan fingerprint density at radius 1 is 1.08 bits per heavy atom. The minimum absolute atomic E-state index is 0.0576. The van der Waals surface area contributed by atoms with Crippen molar-refractivity contribution >= 4 is 16.9 Å². The number of carbonyl (C=O) groups excluding carboxylic acids is 1. The van der Waals surface area contributed by atoms with Gasteiger partial charge in [0, 0.05) is 11.1 Å². The number of rotatable bonds is 3. The van der Waals surface area contributed by atoms with E-state index in [9.17, 15) is 9.18 Å². The monoisotopic (exact) mass is 335 g/mol. The van der Waals surface area contributed by atoms with Crippen LogP contribution < -0.4 is 0 Å². The molecule has 1 aromatic heterocycles. The van der Waals surface area contributed by atoms with E-state index in [-0.39, 0.29) is 18.4 Å². The molecule has 0 N–H and O–H groups in total. The lowest BCUT2D eigenvalue weighted by Crippen LogP contribution is -2.15. The van der Waals surface area contributed by atoms with Gasteiger partial charge in [-0.1, -0.05) is 30.3 Å². The van der Waals surface area contributed by atoms with Crippen molar-refractivity contribution in [2.75, 3.05) is 0 Å². The third-order valence-electron chi connectivity index (χ3n) is 4.63. The summed E-state index contributed by atoms with van der Waals surface area (Å²) in [5.74, 6) is -0.693. The Balaban J connectivity index is 1.70. The normalized spacial score (nSPS) is 13.5. The van der Waals surface area contributed by atoms with Crippen molar-refractivity contribution in [2.45, 2.75) is 32.3 Å². The number of esters is 1. The molecule has 0 amide bonds. The van der Waals surface area contributed by atoms with Gasteiger partial charge < -0.3 is 4.74 Å². The van der Waals surface area contributed by atoms with E-state index in [1.54, 1.807) is 12.1 Å². The average Bonchev–Trinajstić information content (AvgIpc) is 2.64. The van der Waals surface area contributed by atoms with Gasteiger partial charge in [0.2, 0.25) is 0 Å². The van der Waals surface area contributed by atoms with Gasteiger partial charge in [0.05, 0.1) is 11.1 Å². The highest BCUT2D eigenvalue weighted by Crippen LogP contribution is 2.30. The highest BCUT2D eigenvalue weighted by molar-refractivity contribution is 6.05. The summed E-state index contributed by atoms with van der Waals surface area (Å²) < 4.78 is 18.8. The predicted octanol–water partition coefficient (Wildman–Crippen LogP) is 4.61. The summed E-state index contributed by atoms with van der Waals surface area (Å²) >= 11 is 0. The van der Waals surface area contributed by atoms with Crippen molar-refractivity contribution in [3.63, 3.8) is 0 Å². The highest BCUT2D eigenvalue weighted by Gasteiger charge is 2.23. The molecule has 25 heavy (non-hydrogen) atoms. The number of benzene rings is 2. The van der Waals surface area contributed by atoms with Gasteiger partial charge in [-0.05, 0) is 55.0 Å². The third-order valence-corrected chi connectivity index (χ3v) is 4.63. The second kappa shape index (κ2) is 6.63. The molecule has 0 spiro atoms. The molecule has 0 atom stereocenters. The van der Waals surface area contributed by atoms with Crippen LogP contribution in [0.4, 0.5) is 4.39 Å². The summed E-state index contributed by atoms with van der Waals surface area (Å²) in [4.78, 5) is 17.6. The maximum Gasteiger partial charge on any atom is 0.339 e. The van der Waals surface area contributed by atoms with E-state index in [0.29, 0.717) is 11.1 Å². The fourth-order valence-corrected chi connectivity index (χ4v) is 3.45. The van der Waals surface area contributed by atoms with E-state index in [1.165, 1.54) is 12.1 Å². The van der Waals surface area contributed by atoms with Gasteiger partial charge in [0.1, 0.15) is 12.4 Å². The van der Waals surface area contributed by atoms with Gasteiger partial charge in [0.15, 0.2) is 0 Å². The molecule has 3 nitrogen and oxygen atoms in total. The van der Waals surface area contributed by atoms with E-state index >= 15 is 0 Å². The van der Waals surface area contributed by atoms with Crippen molar-refractivity contribution in [1.82, 2.24) is 4.98 Å². The zero-order valence-corrected chi connectivity index (χ0v) is 13.8. The Morgan fingerprint density at radius 3 is 2.80 bits per heavy atom. The number of aryl methyl sites for hydroxylation is 1. The lowest BCUT2D eigenvalue weighted by Gasteiger charge is -2.20. The first-order valence-corrected chi connectivity index (χ1v) is 8.54. The van der Waals surface area contributed by atoms with Gasteiger partial charge >= 0.3 is 5.97 Å². The molecule has 0 unspecified atom stereocenters. The van der Waals surface area contributed by atoms with E-state index in [2.05, 4.69) is 0 Å². The molecule has 1 aliphatic carbocycles. The summed E-state index contributed by atoms with van der Waals surface area (Å²) in [7, 11) is 0. The molecule has 0 saturated carbocycles. The molecule has 3 aromatic rings. The van der Waals surface area contributed by atoms with Gasteiger partial charge in [-0.25, -0.2) is 9.18 Å². The molecule has 1 aliphatic rings. The van der Waals surface area contributed by atoms with E-state index in [0.717, 1.165) is 47.8 Å². The van der Waals surface area contributed by atoms with Crippen LogP contribution in [0.1, 0.15) is 40.0 Å². The van der Waals surface area contributed by atoms with E-state index in [4.69, 9.17) is 9.72 Å². The second-order valence-electron chi connectivity index (χ2n) is 6.34. The Bertz CT molecular complexity index is 952. The number of pyridine rings is 1. The molecule has 0 bridgehead atoms. The molecule has 1 heterocycles. The molecule has 126 valence electrons. The standard InChI is InChI=1S/C21H18FNO2/c22-15-7-5-6-14(12-15)13-25-21(24)20-16-8-1-3-10-18(16)23-19-11-4-2-9-17(19)20/h1,3,5-8,10,12H,2,4,9,11,13H2. The van der Waals surface area contributed by atoms with Gasteiger partial charge in [-0.15, -0.1) is 0 Å². The zero-order chi connectivity index (χ0) is 17.2. The Hall–Kier alpha value is -2.75. The van der Waals surface area contributed by atoms with Gasteiger partial charge in [-0.3, -0.25) is 4.98 Å². The Labute approximate surface area is 145 Å². The third kappa shape index (κ3) is 3.12. The molecule has 0 saturated heterocycles. The fourth-order valence-electron chi connectivity index (χ4n) is 3.45. The van der Waals surface area contributed by atoms with Crippen LogP contribution >= 0.6 is 0 Å². The quantitative estimate of drug-likeness (QED) is 0.656. The minimum atomic E-state index is -0.360. The minimum Gasteiger partial charge on any atom is -0.457 e.